The van der Waals surface area contributed by atoms with Crippen molar-refractivity contribution in [2.45, 2.75) is 20.5 Å². The van der Waals surface area contributed by atoms with Crippen LogP contribution in [-0.2, 0) is 6.61 Å². The zero-order valence-corrected chi connectivity index (χ0v) is 10.9. The number of hydrogen-bond donors (Lipinski definition) is 1. The van der Waals surface area contributed by atoms with Crippen molar-refractivity contribution in [1.29, 1.82) is 0 Å². The van der Waals surface area contributed by atoms with Crippen LogP contribution in [0.2, 0.25) is 0 Å². The highest BCUT2D eigenvalue weighted by atomic mass is 16.5. The van der Waals surface area contributed by atoms with E-state index in [4.69, 9.17) is 9.84 Å². The van der Waals surface area contributed by atoms with Crippen LogP contribution >= 0.6 is 0 Å². The van der Waals surface area contributed by atoms with Crippen molar-refractivity contribution in [2.75, 3.05) is 0 Å². The predicted molar refractivity (Wildman–Crippen MR) is 71.4 cm³/mol. The summed E-state index contributed by atoms with van der Waals surface area (Å²) in [6, 6.07) is 10.7. The van der Waals surface area contributed by atoms with E-state index in [0.717, 1.165) is 11.4 Å². The highest BCUT2D eigenvalue weighted by Crippen LogP contribution is 2.22. The number of carboxylic acid groups (broad SMARTS) is 1. The number of ether oxygens (including phenoxy) is 1. The summed E-state index contributed by atoms with van der Waals surface area (Å²) < 4.78 is 5.64. The quantitative estimate of drug-likeness (QED) is 0.914. The van der Waals surface area contributed by atoms with E-state index in [1.807, 2.05) is 25.1 Å². The van der Waals surface area contributed by atoms with E-state index in [1.54, 1.807) is 25.1 Å². The van der Waals surface area contributed by atoms with Crippen LogP contribution in [0.3, 0.4) is 0 Å². The molecule has 98 valence electrons. The molecule has 0 atom stereocenters. The molecule has 0 spiro atoms. The van der Waals surface area contributed by atoms with Crippen LogP contribution in [0.4, 0.5) is 0 Å². The topological polar surface area (TPSA) is 59.4 Å². The maximum absolute atomic E-state index is 11.0. The van der Waals surface area contributed by atoms with E-state index in [0.29, 0.717) is 17.9 Å². The van der Waals surface area contributed by atoms with Crippen LogP contribution in [-0.4, -0.2) is 16.1 Å². The molecule has 4 heteroatoms. The minimum Gasteiger partial charge on any atom is -0.487 e. The lowest BCUT2D eigenvalue weighted by Gasteiger charge is -2.10. The molecule has 2 rings (SSSR count). The summed E-state index contributed by atoms with van der Waals surface area (Å²) in [6.45, 7) is 3.98. The Hall–Kier alpha value is -2.36. The SMILES string of the molecule is Cc1cccc(COc2cccc(C(=O)O)c2C)n1. The van der Waals surface area contributed by atoms with Gasteiger partial charge in [-0.2, -0.15) is 0 Å². The molecule has 0 aliphatic rings. The molecule has 0 saturated carbocycles. The Bertz CT molecular complexity index is 608. The number of benzene rings is 1. The maximum atomic E-state index is 11.0. The van der Waals surface area contributed by atoms with Gasteiger partial charge < -0.3 is 9.84 Å². The van der Waals surface area contributed by atoms with Crippen molar-refractivity contribution in [3.8, 4) is 5.75 Å². The molecular formula is C15H15NO3. The minimum atomic E-state index is -0.948. The Kier molecular flexibility index (Phi) is 3.80. The number of carbonyl (C=O) groups is 1. The summed E-state index contributed by atoms with van der Waals surface area (Å²) in [6.07, 6.45) is 0. The summed E-state index contributed by atoms with van der Waals surface area (Å²) in [5.41, 5.74) is 2.63. The molecule has 0 bridgehead atoms. The van der Waals surface area contributed by atoms with Crippen molar-refractivity contribution in [2.24, 2.45) is 0 Å². The molecule has 1 aromatic carbocycles. The Morgan fingerprint density at radius 3 is 2.63 bits per heavy atom. The smallest absolute Gasteiger partial charge is 0.336 e. The third-order valence-corrected chi connectivity index (χ3v) is 2.84. The van der Waals surface area contributed by atoms with Gasteiger partial charge in [-0.15, -0.1) is 0 Å². The molecule has 0 unspecified atom stereocenters. The molecule has 0 aliphatic carbocycles. The normalized spacial score (nSPS) is 10.2. The fourth-order valence-corrected chi connectivity index (χ4v) is 1.83. The monoisotopic (exact) mass is 257 g/mol. The summed E-state index contributed by atoms with van der Waals surface area (Å²) in [5, 5.41) is 9.04. The fraction of sp³-hybridized carbons (Fsp3) is 0.200. The standard InChI is InChI=1S/C15H15NO3/c1-10-5-3-6-12(16-10)9-19-14-8-4-7-13(11(14)2)15(17)18/h3-8H,9H2,1-2H3,(H,17,18). The molecule has 1 aromatic heterocycles. The number of nitrogens with zero attached hydrogens (tertiary/aromatic N) is 1. The molecule has 0 radical (unpaired) electrons. The summed E-state index contributed by atoms with van der Waals surface area (Å²) >= 11 is 0. The van der Waals surface area contributed by atoms with Crippen LogP contribution in [0.1, 0.15) is 27.3 Å². The first-order valence-electron chi connectivity index (χ1n) is 5.96. The summed E-state index contributed by atoms with van der Waals surface area (Å²) in [7, 11) is 0. The third-order valence-electron chi connectivity index (χ3n) is 2.84. The summed E-state index contributed by atoms with van der Waals surface area (Å²) in [4.78, 5) is 15.4. The second-order valence-corrected chi connectivity index (χ2v) is 4.29. The van der Waals surface area contributed by atoms with Gasteiger partial charge in [-0.05, 0) is 38.1 Å². The number of rotatable bonds is 4. The zero-order valence-electron chi connectivity index (χ0n) is 10.9. The second kappa shape index (κ2) is 5.52. The molecule has 0 amide bonds. The number of aryl methyl sites for hydroxylation is 1. The molecule has 0 fully saturated rings. The highest BCUT2D eigenvalue weighted by Gasteiger charge is 2.11. The average molecular weight is 257 g/mol. The number of pyridine rings is 1. The molecular weight excluding hydrogens is 242 g/mol. The first-order valence-corrected chi connectivity index (χ1v) is 5.96. The van der Waals surface area contributed by atoms with Gasteiger partial charge in [-0.3, -0.25) is 4.98 Å². The van der Waals surface area contributed by atoms with Gasteiger partial charge in [-0.1, -0.05) is 12.1 Å². The van der Waals surface area contributed by atoms with Crippen molar-refractivity contribution in [3.63, 3.8) is 0 Å². The van der Waals surface area contributed by atoms with E-state index in [1.165, 1.54) is 0 Å². The first kappa shape index (κ1) is 13.1. The maximum Gasteiger partial charge on any atom is 0.336 e. The number of aromatic nitrogens is 1. The van der Waals surface area contributed by atoms with Crippen LogP contribution in [0.5, 0.6) is 5.75 Å². The fourth-order valence-electron chi connectivity index (χ4n) is 1.83. The van der Waals surface area contributed by atoms with Crippen LogP contribution in [0, 0.1) is 13.8 Å². The number of hydrogen-bond acceptors (Lipinski definition) is 3. The van der Waals surface area contributed by atoms with E-state index >= 15 is 0 Å². The molecule has 1 N–H and O–H groups in total. The summed E-state index contributed by atoms with van der Waals surface area (Å²) in [5.74, 6) is -0.375. The van der Waals surface area contributed by atoms with Crippen molar-refractivity contribution in [1.82, 2.24) is 4.98 Å². The average Bonchev–Trinajstić information content (AvgIpc) is 2.37. The minimum absolute atomic E-state index is 0.259. The largest absolute Gasteiger partial charge is 0.487 e. The Balaban J connectivity index is 2.16. The van der Waals surface area contributed by atoms with Crippen LogP contribution in [0.15, 0.2) is 36.4 Å². The lowest BCUT2D eigenvalue weighted by Crippen LogP contribution is -2.04. The van der Waals surface area contributed by atoms with Crippen molar-refractivity contribution < 1.29 is 14.6 Å². The molecule has 0 aliphatic heterocycles. The second-order valence-electron chi connectivity index (χ2n) is 4.29. The molecule has 2 aromatic rings. The first-order chi connectivity index (χ1) is 9.08. The van der Waals surface area contributed by atoms with E-state index < -0.39 is 5.97 Å². The van der Waals surface area contributed by atoms with E-state index in [9.17, 15) is 4.79 Å². The Labute approximate surface area is 111 Å². The lowest BCUT2D eigenvalue weighted by molar-refractivity contribution is 0.0695. The predicted octanol–water partition coefficient (Wildman–Crippen LogP) is 2.98. The van der Waals surface area contributed by atoms with Gasteiger partial charge in [0.1, 0.15) is 12.4 Å². The van der Waals surface area contributed by atoms with Gasteiger partial charge in [0.15, 0.2) is 0 Å². The Morgan fingerprint density at radius 2 is 1.95 bits per heavy atom. The highest BCUT2D eigenvalue weighted by molar-refractivity contribution is 5.90. The Morgan fingerprint density at radius 1 is 1.21 bits per heavy atom. The van der Waals surface area contributed by atoms with Crippen molar-refractivity contribution >= 4 is 5.97 Å². The molecule has 19 heavy (non-hydrogen) atoms. The van der Waals surface area contributed by atoms with Crippen LogP contribution < -0.4 is 4.74 Å². The van der Waals surface area contributed by atoms with Crippen molar-refractivity contribution in [3.05, 3.63) is 58.9 Å². The lowest BCUT2D eigenvalue weighted by atomic mass is 10.1. The van der Waals surface area contributed by atoms with Gasteiger partial charge >= 0.3 is 5.97 Å². The number of aromatic carboxylic acids is 1. The van der Waals surface area contributed by atoms with Gasteiger partial charge in [0, 0.05) is 11.3 Å². The van der Waals surface area contributed by atoms with E-state index in [2.05, 4.69) is 4.98 Å². The van der Waals surface area contributed by atoms with Gasteiger partial charge in [0.2, 0.25) is 0 Å². The van der Waals surface area contributed by atoms with Gasteiger partial charge in [0.25, 0.3) is 0 Å². The zero-order chi connectivity index (χ0) is 13.8. The molecule has 4 nitrogen and oxygen atoms in total. The molecule has 0 saturated heterocycles. The molecule has 1 heterocycles. The van der Waals surface area contributed by atoms with Gasteiger partial charge in [0.05, 0.1) is 11.3 Å². The third kappa shape index (κ3) is 3.10. The van der Waals surface area contributed by atoms with Crippen LogP contribution in [0.25, 0.3) is 0 Å². The van der Waals surface area contributed by atoms with E-state index in [-0.39, 0.29) is 5.56 Å². The number of carboxylic acids is 1. The van der Waals surface area contributed by atoms with Gasteiger partial charge in [-0.25, -0.2) is 4.79 Å².